The highest BCUT2D eigenvalue weighted by Crippen LogP contribution is 2.20. The molecule has 2 amide bonds. The van der Waals surface area contributed by atoms with Crippen molar-refractivity contribution in [3.05, 3.63) is 35.9 Å². The maximum absolute atomic E-state index is 12.9. The number of likely N-dealkylation sites (tertiary alicyclic amines) is 2. The van der Waals surface area contributed by atoms with Gasteiger partial charge in [-0.05, 0) is 44.3 Å². The van der Waals surface area contributed by atoms with Crippen LogP contribution in [0.2, 0.25) is 0 Å². The predicted octanol–water partition coefficient (Wildman–Crippen LogP) is 2.89. The molecule has 2 heterocycles. The van der Waals surface area contributed by atoms with E-state index in [4.69, 9.17) is 4.74 Å². The highest BCUT2D eigenvalue weighted by Gasteiger charge is 2.26. The number of amides is 2. The van der Waals surface area contributed by atoms with Crippen LogP contribution in [0.1, 0.15) is 37.3 Å². The maximum atomic E-state index is 12.9. The molecule has 2 saturated heterocycles. The second-order valence-corrected chi connectivity index (χ2v) is 7.33. The molecule has 2 atom stereocenters. The molecule has 0 aromatic heterocycles. The molecule has 0 bridgehead atoms. The number of carbonyl (C=O) groups is 1. The summed E-state index contributed by atoms with van der Waals surface area (Å²) in [5.74, 6) is 0.457. The zero-order valence-corrected chi connectivity index (χ0v) is 15.3. The Hall–Kier alpha value is -1.59. The average molecular weight is 345 g/mol. The van der Waals surface area contributed by atoms with Crippen LogP contribution in [0, 0.1) is 5.92 Å². The lowest BCUT2D eigenvalue weighted by Gasteiger charge is -2.34. The van der Waals surface area contributed by atoms with Crippen LogP contribution in [0.4, 0.5) is 4.79 Å². The first-order valence-electron chi connectivity index (χ1n) is 9.58. The van der Waals surface area contributed by atoms with Crippen LogP contribution in [-0.2, 0) is 4.74 Å². The first kappa shape index (κ1) is 18.2. The third-order valence-electron chi connectivity index (χ3n) is 5.35. The number of rotatable bonds is 6. The van der Waals surface area contributed by atoms with Crippen molar-refractivity contribution in [2.75, 3.05) is 46.4 Å². The summed E-state index contributed by atoms with van der Waals surface area (Å²) in [7, 11) is 1.74. The summed E-state index contributed by atoms with van der Waals surface area (Å²) in [5, 5.41) is 3.30. The van der Waals surface area contributed by atoms with Gasteiger partial charge < -0.3 is 19.9 Å². The molecule has 0 saturated carbocycles. The van der Waals surface area contributed by atoms with Gasteiger partial charge in [-0.1, -0.05) is 30.3 Å². The molecule has 25 heavy (non-hydrogen) atoms. The van der Waals surface area contributed by atoms with Crippen molar-refractivity contribution in [1.82, 2.24) is 15.1 Å². The minimum atomic E-state index is 0.0506. The lowest BCUT2D eigenvalue weighted by atomic mass is 9.99. The van der Waals surface area contributed by atoms with Crippen molar-refractivity contribution in [3.63, 3.8) is 0 Å². The number of methoxy groups -OCH3 is 1. The Labute approximate surface area is 151 Å². The topological polar surface area (TPSA) is 44.8 Å². The predicted molar refractivity (Wildman–Crippen MR) is 99.6 cm³/mol. The summed E-state index contributed by atoms with van der Waals surface area (Å²) < 4.78 is 5.28. The van der Waals surface area contributed by atoms with E-state index in [2.05, 4.69) is 22.3 Å². The van der Waals surface area contributed by atoms with Crippen LogP contribution in [-0.4, -0.2) is 62.3 Å². The number of hydrogen-bond donors (Lipinski definition) is 1. The van der Waals surface area contributed by atoms with Gasteiger partial charge in [0.1, 0.15) is 0 Å². The number of ether oxygens (including phenoxy) is 1. The SMILES string of the molecule is COCC1CCCN(C(=O)NC(CN2CCCC2)c2ccccc2)C1. The third kappa shape index (κ3) is 5.19. The Morgan fingerprint density at radius 1 is 1.20 bits per heavy atom. The number of benzene rings is 1. The molecule has 0 spiro atoms. The molecule has 5 heteroatoms. The highest BCUT2D eigenvalue weighted by atomic mass is 16.5. The van der Waals surface area contributed by atoms with Gasteiger partial charge >= 0.3 is 6.03 Å². The molecule has 5 nitrogen and oxygen atoms in total. The molecule has 2 aliphatic rings. The summed E-state index contributed by atoms with van der Waals surface area (Å²) >= 11 is 0. The fourth-order valence-electron chi connectivity index (χ4n) is 4.00. The molecule has 138 valence electrons. The quantitative estimate of drug-likeness (QED) is 0.862. The second-order valence-electron chi connectivity index (χ2n) is 7.33. The number of nitrogens with zero attached hydrogens (tertiary/aromatic N) is 2. The lowest BCUT2D eigenvalue weighted by Crippen LogP contribution is -2.48. The first-order valence-corrected chi connectivity index (χ1v) is 9.58. The van der Waals surface area contributed by atoms with Gasteiger partial charge in [0.2, 0.25) is 0 Å². The van der Waals surface area contributed by atoms with E-state index in [1.54, 1.807) is 7.11 Å². The van der Waals surface area contributed by atoms with E-state index < -0.39 is 0 Å². The van der Waals surface area contributed by atoms with E-state index in [0.717, 1.165) is 52.2 Å². The van der Waals surface area contributed by atoms with Gasteiger partial charge in [-0.25, -0.2) is 4.79 Å². The Morgan fingerprint density at radius 2 is 1.96 bits per heavy atom. The summed E-state index contributed by atoms with van der Waals surface area (Å²) in [6, 6.07) is 10.5. The molecule has 2 unspecified atom stereocenters. The van der Waals surface area contributed by atoms with Crippen LogP contribution in [0.15, 0.2) is 30.3 Å². The number of hydrogen-bond acceptors (Lipinski definition) is 3. The highest BCUT2D eigenvalue weighted by molar-refractivity contribution is 5.75. The van der Waals surface area contributed by atoms with E-state index >= 15 is 0 Å². The van der Waals surface area contributed by atoms with Crippen molar-refractivity contribution in [1.29, 1.82) is 0 Å². The minimum absolute atomic E-state index is 0.0506. The minimum Gasteiger partial charge on any atom is -0.384 e. The molecule has 2 aliphatic heterocycles. The molecule has 1 N–H and O–H groups in total. The van der Waals surface area contributed by atoms with E-state index in [0.29, 0.717) is 5.92 Å². The van der Waals surface area contributed by atoms with Crippen LogP contribution >= 0.6 is 0 Å². The van der Waals surface area contributed by atoms with Crippen LogP contribution in [0.25, 0.3) is 0 Å². The molecule has 3 rings (SSSR count). The van der Waals surface area contributed by atoms with Crippen molar-refractivity contribution in [2.45, 2.75) is 31.7 Å². The van der Waals surface area contributed by atoms with Crippen LogP contribution in [0.3, 0.4) is 0 Å². The first-order chi connectivity index (χ1) is 12.3. The number of urea groups is 1. The van der Waals surface area contributed by atoms with Crippen molar-refractivity contribution < 1.29 is 9.53 Å². The number of carbonyl (C=O) groups excluding carboxylic acids is 1. The summed E-state index contributed by atoms with van der Waals surface area (Å²) in [6.45, 7) is 5.55. The largest absolute Gasteiger partial charge is 0.384 e. The standard InChI is InChI=1S/C20H31N3O2/c1-25-16-17-8-7-13-23(14-17)20(24)21-19(15-22-11-5-6-12-22)18-9-3-2-4-10-18/h2-4,9-10,17,19H,5-8,11-16H2,1H3,(H,21,24). The van der Waals surface area contributed by atoms with E-state index in [1.807, 2.05) is 23.1 Å². The van der Waals surface area contributed by atoms with Gasteiger partial charge in [0, 0.05) is 32.7 Å². The van der Waals surface area contributed by atoms with Crippen molar-refractivity contribution in [3.8, 4) is 0 Å². The molecular formula is C20H31N3O2. The monoisotopic (exact) mass is 345 g/mol. The Kier molecular flexibility index (Phi) is 6.70. The van der Waals surface area contributed by atoms with Gasteiger partial charge in [-0.2, -0.15) is 0 Å². The van der Waals surface area contributed by atoms with Crippen molar-refractivity contribution in [2.24, 2.45) is 5.92 Å². The Morgan fingerprint density at radius 3 is 2.68 bits per heavy atom. The average Bonchev–Trinajstić information content (AvgIpc) is 3.15. The molecule has 0 aliphatic carbocycles. The summed E-state index contributed by atoms with van der Waals surface area (Å²) in [5.41, 5.74) is 1.19. The molecule has 0 radical (unpaired) electrons. The van der Waals surface area contributed by atoms with Crippen molar-refractivity contribution >= 4 is 6.03 Å². The van der Waals surface area contributed by atoms with Crippen LogP contribution in [0.5, 0.6) is 0 Å². The van der Waals surface area contributed by atoms with E-state index in [-0.39, 0.29) is 12.1 Å². The molecule has 2 fully saturated rings. The normalized spacial score (nSPS) is 22.8. The van der Waals surface area contributed by atoms with Gasteiger partial charge in [-0.3, -0.25) is 0 Å². The maximum Gasteiger partial charge on any atom is 0.317 e. The van der Waals surface area contributed by atoms with Gasteiger partial charge in [0.25, 0.3) is 0 Å². The Balaban J connectivity index is 1.63. The smallest absolute Gasteiger partial charge is 0.317 e. The van der Waals surface area contributed by atoms with Gasteiger partial charge in [0.15, 0.2) is 0 Å². The third-order valence-corrected chi connectivity index (χ3v) is 5.35. The summed E-state index contributed by atoms with van der Waals surface area (Å²) in [6.07, 6.45) is 4.73. The molecular weight excluding hydrogens is 314 g/mol. The molecule has 1 aromatic rings. The summed E-state index contributed by atoms with van der Waals surface area (Å²) in [4.78, 5) is 17.3. The van der Waals surface area contributed by atoms with Gasteiger partial charge in [-0.15, -0.1) is 0 Å². The van der Waals surface area contributed by atoms with E-state index in [9.17, 15) is 4.79 Å². The van der Waals surface area contributed by atoms with E-state index in [1.165, 1.54) is 18.4 Å². The fraction of sp³-hybridized carbons (Fsp3) is 0.650. The second kappa shape index (κ2) is 9.20. The zero-order chi connectivity index (χ0) is 17.5. The lowest BCUT2D eigenvalue weighted by molar-refractivity contribution is 0.0990. The fourth-order valence-corrected chi connectivity index (χ4v) is 4.00. The van der Waals surface area contributed by atoms with Crippen LogP contribution < -0.4 is 5.32 Å². The van der Waals surface area contributed by atoms with Gasteiger partial charge in [0.05, 0.1) is 12.6 Å². The number of nitrogens with one attached hydrogen (secondary N) is 1. The molecule has 1 aromatic carbocycles. The Bertz CT molecular complexity index is 529. The number of piperidine rings is 1. The zero-order valence-electron chi connectivity index (χ0n) is 15.3.